The number of carbonyl (C=O) groups is 1. The van der Waals surface area contributed by atoms with Crippen LogP contribution in [-0.4, -0.2) is 49.1 Å². The number of nitrogens with one attached hydrogen (secondary N) is 1. The van der Waals surface area contributed by atoms with Crippen molar-refractivity contribution in [2.24, 2.45) is 0 Å². The van der Waals surface area contributed by atoms with Crippen LogP contribution in [0.5, 0.6) is 5.75 Å². The molecule has 1 heterocycles. The lowest BCUT2D eigenvalue weighted by Gasteiger charge is -2.22. The van der Waals surface area contributed by atoms with E-state index in [4.69, 9.17) is 9.47 Å². The van der Waals surface area contributed by atoms with Crippen LogP contribution in [-0.2, 0) is 24.5 Å². The van der Waals surface area contributed by atoms with Crippen LogP contribution in [0.3, 0.4) is 0 Å². The van der Waals surface area contributed by atoms with Gasteiger partial charge < -0.3 is 19.7 Å². The van der Waals surface area contributed by atoms with E-state index in [1.54, 1.807) is 7.11 Å². The third-order valence-electron chi connectivity index (χ3n) is 6.00. The highest BCUT2D eigenvalue weighted by molar-refractivity contribution is 5.89. The summed E-state index contributed by atoms with van der Waals surface area (Å²) < 4.78 is 11.0. The van der Waals surface area contributed by atoms with Crippen LogP contribution in [0.4, 0.5) is 10.5 Å². The van der Waals surface area contributed by atoms with Crippen molar-refractivity contribution in [1.29, 1.82) is 0 Å². The van der Waals surface area contributed by atoms with Gasteiger partial charge in [-0.1, -0.05) is 54.6 Å². The number of ether oxygens (including phenoxy) is 2. The fourth-order valence-corrected chi connectivity index (χ4v) is 4.12. The second-order valence-electron chi connectivity index (χ2n) is 8.57. The molecule has 3 aromatic carbocycles. The smallest absolute Gasteiger partial charge is 0.321 e. The van der Waals surface area contributed by atoms with Crippen molar-refractivity contribution in [2.45, 2.75) is 26.2 Å². The first-order valence-electron chi connectivity index (χ1n) is 11.8. The minimum absolute atomic E-state index is 0.0436. The summed E-state index contributed by atoms with van der Waals surface area (Å²) in [5.74, 6) is 0.834. The fraction of sp³-hybridized carbons (Fsp3) is 0.321. The number of urea groups is 1. The predicted molar refractivity (Wildman–Crippen MR) is 135 cm³/mol. The van der Waals surface area contributed by atoms with Gasteiger partial charge in [-0.15, -0.1) is 0 Å². The monoisotopic (exact) mass is 459 g/mol. The number of methoxy groups -OCH3 is 1. The Kier molecular flexibility index (Phi) is 8.54. The molecular weight excluding hydrogens is 426 g/mol. The number of rotatable bonds is 8. The summed E-state index contributed by atoms with van der Waals surface area (Å²) in [5, 5.41) is 3.06. The molecule has 0 aromatic heterocycles. The topological polar surface area (TPSA) is 54.0 Å². The summed E-state index contributed by atoms with van der Waals surface area (Å²) >= 11 is 0. The van der Waals surface area contributed by atoms with Gasteiger partial charge in [0.1, 0.15) is 5.75 Å². The largest absolute Gasteiger partial charge is 0.497 e. The normalized spacial score (nSPS) is 14.4. The van der Waals surface area contributed by atoms with E-state index in [1.165, 1.54) is 5.56 Å². The minimum Gasteiger partial charge on any atom is -0.497 e. The molecule has 0 unspecified atom stereocenters. The van der Waals surface area contributed by atoms with Crippen molar-refractivity contribution in [2.75, 3.05) is 38.6 Å². The Morgan fingerprint density at radius 3 is 2.38 bits per heavy atom. The Morgan fingerprint density at radius 2 is 1.59 bits per heavy atom. The number of benzene rings is 3. The van der Waals surface area contributed by atoms with Gasteiger partial charge in [0.15, 0.2) is 0 Å². The van der Waals surface area contributed by atoms with Gasteiger partial charge in [0.05, 0.1) is 20.3 Å². The molecule has 6 nitrogen and oxygen atoms in total. The highest BCUT2D eigenvalue weighted by atomic mass is 16.5. The summed E-state index contributed by atoms with van der Waals surface area (Å²) in [6.45, 7) is 5.29. The maximum absolute atomic E-state index is 12.9. The number of amides is 2. The molecule has 1 aliphatic rings. The van der Waals surface area contributed by atoms with E-state index in [9.17, 15) is 4.79 Å². The van der Waals surface area contributed by atoms with Gasteiger partial charge in [0.25, 0.3) is 0 Å². The third kappa shape index (κ3) is 7.07. The molecule has 178 valence electrons. The Bertz CT molecular complexity index is 1040. The molecule has 0 aliphatic carbocycles. The summed E-state index contributed by atoms with van der Waals surface area (Å²) in [6.07, 6.45) is 0.972. The molecule has 34 heavy (non-hydrogen) atoms. The highest BCUT2D eigenvalue weighted by Crippen LogP contribution is 2.16. The standard InChI is InChI=1S/C28H33N3O3/c1-33-27-13-11-24(12-14-27)21-34-22-25-9-5-10-26(19-25)29-28(32)31-16-6-15-30(17-18-31)20-23-7-3-2-4-8-23/h2-5,7-14,19H,6,15-18,20-22H2,1H3,(H,29,32). The Labute approximate surface area is 202 Å². The van der Waals surface area contributed by atoms with Gasteiger partial charge in [-0.3, -0.25) is 4.90 Å². The summed E-state index contributed by atoms with van der Waals surface area (Å²) in [4.78, 5) is 17.2. The lowest BCUT2D eigenvalue weighted by atomic mass is 10.2. The predicted octanol–water partition coefficient (Wildman–Crippen LogP) is 5.15. The number of anilines is 1. The summed E-state index contributed by atoms with van der Waals surface area (Å²) in [7, 11) is 1.66. The second kappa shape index (κ2) is 12.2. The van der Waals surface area contributed by atoms with Gasteiger partial charge in [-0.05, 0) is 47.4 Å². The van der Waals surface area contributed by atoms with E-state index < -0.39 is 0 Å². The van der Waals surface area contributed by atoms with E-state index in [2.05, 4.69) is 34.5 Å². The van der Waals surface area contributed by atoms with Crippen molar-refractivity contribution < 1.29 is 14.3 Å². The molecule has 1 N–H and O–H groups in total. The molecule has 6 heteroatoms. The SMILES string of the molecule is COc1ccc(COCc2cccc(NC(=O)N3CCCN(Cc4ccccc4)CC3)c2)cc1. The fourth-order valence-electron chi connectivity index (χ4n) is 4.12. The van der Waals surface area contributed by atoms with Crippen molar-refractivity contribution in [3.05, 3.63) is 95.6 Å². The number of carbonyl (C=O) groups excluding carboxylic acids is 1. The summed E-state index contributed by atoms with van der Waals surface area (Å²) in [6, 6.07) is 26.2. The minimum atomic E-state index is -0.0436. The summed E-state index contributed by atoms with van der Waals surface area (Å²) in [5.41, 5.74) is 4.22. The van der Waals surface area contributed by atoms with Crippen molar-refractivity contribution in [3.8, 4) is 5.75 Å². The Morgan fingerprint density at radius 1 is 0.824 bits per heavy atom. The molecule has 1 fully saturated rings. The first-order chi connectivity index (χ1) is 16.7. The highest BCUT2D eigenvalue weighted by Gasteiger charge is 2.19. The molecule has 3 aromatic rings. The molecule has 0 spiro atoms. The van der Waals surface area contributed by atoms with Gasteiger partial charge in [-0.25, -0.2) is 4.79 Å². The average Bonchev–Trinajstić information content (AvgIpc) is 3.11. The second-order valence-corrected chi connectivity index (χ2v) is 8.57. The van der Waals surface area contributed by atoms with Gasteiger partial charge in [0.2, 0.25) is 0 Å². The molecule has 4 rings (SSSR count). The Hall–Kier alpha value is -3.35. The maximum Gasteiger partial charge on any atom is 0.321 e. The molecule has 0 bridgehead atoms. The van der Waals surface area contributed by atoms with Crippen LogP contribution in [0.1, 0.15) is 23.1 Å². The lowest BCUT2D eigenvalue weighted by Crippen LogP contribution is -2.38. The molecule has 0 atom stereocenters. The third-order valence-corrected chi connectivity index (χ3v) is 6.00. The van der Waals surface area contributed by atoms with Crippen molar-refractivity contribution >= 4 is 11.7 Å². The molecule has 2 amide bonds. The average molecular weight is 460 g/mol. The van der Waals surface area contributed by atoms with Crippen LogP contribution in [0, 0.1) is 0 Å². The van der Waals surface area contributed by atoms with E-state index in [-0.39, 0.29) is 6.03 Å². The van der Waals surface area contributed by atoms with Crippen LogP contribution in [0.2, 0.25) is 0 Å². The van der Waals surface area contributed by atoms with E-state index in [0.717, 1.165) is 61.7 Å². The number of hydrogen-bond acceptors (Lipinski definition) is 4. The van der Waals surface area contributed by atoms with E-state index in [0.29, 0.717) is 13.2 Å². The Balaban J connectivity index is 1.24. The molecule has 0 saturated carbocycles. The van der Waals surface area contributed by atoms with Crippen LogP contribution in [0.15, 0.2) is 78.9 Å². The molecule has 1 aliphatic heterocycles. The first kappa shape index (κ1) is 23.8. The first-order valence-corrected chi connectivity index (χ1v) is 11.8. The molecule has 1 saturated heterocycles. The lowest BCUT2D eigenvalue weighted by molar-refractivity contribution is 0.107. The van der Waals surface area contributed by atoms with Crippen molar-refractivity contribution in [1.82, 2.24) is 9.80 Å². The van der Waals surface area contributed by atoms with Gasteiger partial charge in [0, 0.05) is 38.4 Å². The van der Waals surface area contributed by atoms with Crippen LogP contribution < -0.4 is 10.1 Å². The van der Waals surface area contributed by atoms with Gasteiger partial charge in [-0.2, -0.15) is 0 Å². The quantitative estimate of drug-likeness (QED) is 0.506. The van der Waals surface area contributed by atoms with Gasteiger partial charge >= 0.3 is 6.03 Å². The number of hydrogen-bond donors (Lipinski definition) is 1. The van der Waals surface area contributed by atoms with Crippen LogP contribution >= 0.6 is 0 Å². The van der Waals surface area contributed by atoms with E-state index in [1.807, 2.05) is 59.5 Å². The zero-order valence-electron chi connectivity index (χ0n) is 19.8. The number of nitrogens with zero attached hydrogens (tertiary/aromatic N) is 2. The molecule has 0 radical (unpaired) electrons. The zero-order valence-corrected chi connectivity index (χ0v) is 19.8. The molecular formula is C28H33N3O3. The van der Waals surface area contributed by atoms with Crippen molar-refractivity contribution in [3.63, 3.8) is 0 Å². The maximum atomic E-state index is 12.9. The van der Waals surface area contributed by atoms with E-state index >= 15 is 0 Å². The zero-order chi connectivity index (χ0) is 23.6. The van der Waals surface area contributed by atoms with Crippen LogP contribution in [0.25, 0.3) is 0 Å².